The standard InChI is InChI=1S/C52H35NS.C46H31NS.C40H27NS/c1-3-11-36(12-4-1)39-21-27-45(28-22-39)53(46-29-23-40(24-30-46)37-13-5-2-6-14-37)47-31-25-41(26-32-47)49-34-44(43-20-19-38-15-7-8-16-42(38)33-43)35-50-48-17-9-10-18-51(48)54-52(49)50;1-3-11-32(12-4-1)34-21-25-40(26-22-34)47(39-15-5-2-6-16-39)41-27-23-35(24-28-41)43-30-38(37-20-19-33-13-7-8-14-36(33)29-37)31-44-42-17-9-10-18-45(42)48-46(43)44;1-3-13-33(14-4-1)41(34-15-5-2-6-16-34)35-23-21-29(22-24-35)37-26-32(31-20-19-28-11-7-8-12-30(28)25-31)27-38-36-17-9-10-18-39(36)42-40(37)38/h1-35H;1-31H;1-27H. The summed E-state index contributed by atoms with van der Waals surface area (Å²) in [5, 5.41) is 15.4. The highest BCUT2D eigenvalue weighted by Gasteiger charge is 2.23. The molecule has 144 heavy (non-hydrogen) atoms. The van der Waals surface area contributed by atoms with Gasteiger partial charge in [-0.25, -0.2) is 0 Å². The number of hydrogen-bond donors (Lipinski definition) is 0. The van der Waals surface area contributed by atoms with Crippen LogP contribution in [0.2, 0.25) is 0 Å². The van der Waals surface area contributed by atoms with E-state index in [4.69, 9.17) is 0 Å². The van der Waals surface area contributed by atoms with Gasteiger partial charge in [-0.05, 0) is 298 Å². The van der Waals surface area contributed by atoms with Crippen molar-refractivity contribution in [3.63, 3.8) is 0 Å². The summed E-state index contributed by atoms with van der Waals surface area (Å²) in [6, 6.07) is 204. The molecule has 0 spiro atoms. The Kier molecular flexibility index (Phi) is 23.8. The Morgan fingerprint density at radius 1 is 0.111 bits per heavy atom. The lowest BCUT2D eigenvalue weighted by molar-refractivity contribution is 1.28. The van der Waals surface area contributed by atoms with Gasteiger partial charge >= 0.3 is 0 Å². The van der Waals surface area contributed by atoms with Crippen molar-refractivity contribution in [2.24, 2.45) is 0 Å². The Labute approximate surface area is 850 Å². The minimum absolute atomic E-state index is 1.11. The van der Waals surface area contributed by atoms with E-state index in [9.17, 15) is 0 Å². The molecule has 0 saturated carbocycles. The molecule has 0 amide bonds. The van der Waals surface area contributed by atoms with E-state index in [1.165, 1.54) is 193 Å². The van der Waals surface area contributed by atoms with E-state index in [2.05, 4.69) is 579 Å². The molecule has 0 saturated heterocycles. The van der Waals surface area contributed by atoms with Gasteiger partial charge in [0.1, 0.15) is 0 Å². The number of rotatable bonds is 18. The lowest BCUT2D eigenvalue weighted by Crippen LogP contribution is -2.09. The number of hydrogen-bond acceptors (Lipinski definition) is 6. The molecule has 6 heteroatoms. The molecule has 0 radical (unpaired) electrons. The number of nitrogens with zero attached hydrogens (tertiary/aromatic N) is 3. The molecule has 24 aromatic carbocycles. The third-order valence-corrected chi connectivity index (χ3v) is 31.4. The van der Waals surface area contributed by atoms with Crippen LogP contribution in [0.25, 0.3) is 193 Å². The Morgan fingerprint density at radius 3 is 0.549 bits per heavy atom. The fourth-order valence-corrected chi connectivity index (χ4v) is 24.1. The van der Waals surface area contributed by atoms with Gasteiger partial charge < -0.3 is 14.7 Å². The first-order chi connectivity index (χ1) is 71.3. The molecule has 0 aliphatic carbocycles. The highest BCUT2D eigenvalue weighted by atomic mass is 32.1. The van der Waals surface area contributed by atoms with Gasteiger partial charge in [-0.2, -0.15) is 0 Å². The number of para-hydroxylation sites is 3. The van der Waals surface area contributed by atoms with Gasteiger partial charge in [0.2, 0.25) is 0 Å². The van der Waals surface area contributed by atoms with Crippen LogP contribution in [0.4, 0.5) is 51.2 Å². The SMILES string of the molecule is c1ccc(-c2ccc(N(c3ccc(-c4ccccc4)cc3)c3ccc(-c4cc(-c5ccc6ccccc6c5)cc5c4sc4ccccc45)cc3)cc2)cc1.c1ccc(-c2ccc(N(c3ccccc3)c3ccc(-c4cc(-c5ccc6ccccc6c5)cc5c4sc4ccccc45)cc3)cc2)cc1.c1ccc(N(c2ccccc2)c2ccc(-c3cc(-c4ccc5ccccc5c4)cc4c3sc3ccccc34)cc2)cc1. The van der Waals surface area contributed by atoms with E-state index in [0.717, 1.165) is 51.2 Å². The van der Waals surface area contributed by atoms with Crippen LogP contribution in [0.3, 0.4) is 0 Å². The molecule has 0 atom stereocenters. The highest BCUT2D eigenvalue weighted by molar-refractivity contribution is 7.27. The molecule has 27 aromatic rings. The molecule has 0 unspecified atom stereocenters. The van der Waals surface area contributed by atoms with Gasteiger partial charge in [-0.3, -0.25) is 0 Å². The second kappa shape index (κ2) is 39.1. The molecule has 3 aromatic heterocycles. The van der Waals surface area contributed by atoms with Crippen molar-refractivity contribution in [1.29, 1.82) is 0 Å². The van der Waals surface area contributed by atoms with Crippen LogP contribution in [0.15, 0.2) is 564 Å². The van der Waals surface area contributed by atoms with Crippen LogP contribution in [0.5, 0.6) is 0 Å². The zero-order valence-corrected chi connectivity index (χ0v) is 81.2. The Bertz CT molecular complexity index is 9190. The molecule has 27 rings (SSSR count). The zero-order valence-electron chi connectivity index (χ0n) is 78.8. The Morgan fingerprint density at radius 2 is 0.299 bits per heavy atom. The average molecular weight is 1890 g/mol. The molecule has 0 N–H and O–H groups in total. The fourth-order valence-electron chi connectivity index (χ4n) is 20.5. The van der Waals surface area contributed by atoms with E-state index in [1.807, 2.05) is 34.0 Å². The van der Waals surface area contributed by atoms with Gasteiger partial charge in [-0.15, -0.1) is 34.0 Å². The van der Waals surface area contributed by atoms with Crippen molar-refractivity contribution in [3.05, 3.63) is 564 Å². The van der Waals surface area contributed by atoms with Crippen LogP contribution < -0.4 is 14.7 Å². The van der Waals surface area contributed by atoms with Crippen LogP contribution in [-0.2, 0) is 0 Å². The quantitative estimate of drug-likeness (QED) is 0.0848. The van der Waals surface area contributed by atoms with E-state index < -0.39 is 0 Å². The number of thiophene rings is 3. The molecule has 3 nitrogen and oxygen atoms in total. The second-order valence-corrected chi connectivity index (χ2v) is 39.7. The summed E-state index contributed by atoms with van der Waals surface area (Å²) < 4.78 is 7.92. The van der Waals surface area contributed by atoms with E-state index in [-0.39, 0.29) is 0 Å². The largest absolute Gasteiger partial charge is 0.311 e. The summed E-state index contributed by atoms with van der Waals surface area (Å²) in [7, 11) is 0. The van der Waals surface area contributed by atoms with E-state index in [0.29, 0.717) is 0 Å². The van der Waals surface area contributed by atoms with Crippen LogP contribution in [-0.4, -0.2) is 0 Å². The first kappa shape index (κ1) is 87.6. The van der Waals surface area contributed by atoms with Gasteiger partial charge in [-0.1, -0.05) is 382 Å². The molecular formula is C138H93N3S3. The second-order valence-electron chi connectivity index (χ2n) is 36.6. The minimum Gasteiger partial charge on any atom is -0.311 e. The predicted octanol–water partition coefficient (Wildman–Crippen LogP) is 41.0. The molecule has 0 aliphatic heterocycles. The molecule has 678 valence electrons. The zero-order chi connectivity index (χ0) is 95.6. The summed E-state index contributed by atoms with van der Waals surface area (Å²) in [6.45, 7) is 0. The normalized spacial score (nSPS) is 11.3. The molecule has 0 fully saturated rings. The monoisotopic (exact) mass is 1890 g/mol. The van der Waals surface area contributed by atoms with Gasteiger partial charge in [0.15, 0.2) is 0 Å². The number of benzene rings is 24. The maximum absolute atomic E-state index is 2.39. The lowest BCUT2D eigenvalue weighted by atomic mass is 9.94. The van der Waals surface area contributed by atoms with E-state index >= 15 is 0 Å². The van der Waals surface area contributed by atoms with E-state index in [1.54, 1.807) is 0 Å². The van der Waals surface area contributed by atoms with Crippen molar-refractivity contribution in [2.75, 3.05) is 14.7 Å². The average Bonchev–Trinajstić information content (AvgIpc) is 1.60. The molecule has 3 heterocycles. The van der Waals surface area contributed by atoms with Crippen molar-refractivity contribution in [2.45, 2.75) is 0 Å². The van der Waals surface area contributed by atoms with Crippen molar-refractivity contribution < 1.29 is 0 Å². The van der Waals surface area contributed by atoms with Crippen molar-refractivity contribution >= 4 is 178 Å². The molecule has 0 aliphatic rings. The maximum atomic E-state index is 2.39. The predicted molar refractivity (Wildman–Crippen MR) is 623 cm³/mol. The molecular weight excluding hydrogens is 1800 g/mol. The third-order valence-electron chi connectivity index (χ3n) is 27.7. The maximum Gasteiger partial charge on any atom is 0.0462 e. The highest BCUT2D eigenvalue weighted by Crippen LogP contribution is 2.51. The van der Waals surface area contributed by atoms with Crippen LogP contribution in [0, 0.1) is 0 Å². The van der Waals surface area contributed by atoms with Crippen molar-refractivity contribution in [1.82, 2.24) is 0 Å². The van der Waals surface area contributed by atoms with Gasteiger partial charge in [0.05, 0.1) is 0 Å². The summed E-state index contributed by atoms with van der Waals surface area (Å²) >= 11 is 5.65. The van der Waals surface area contributed by atoms with Crippen LogP contribution in [0.1, 0.15) is 0 Å². The fraction of sp³-hybridized carbons (Fsp3) is 0. The van der Waals surface area contributed by atoms with Crippen molar-refractivity contribution in [3.8, 4) is 100 Å². The number of anilines is 9. The Balaban J connectivity index is 0.000000114. The summed E-state index contributed by atoms with van der Waals surface area (Å²) in [4.78, 5) is 7.00. The third kappa shape index (κ3) is 17.6. The van der Waals surface area contributed by atoms with Gasteiger partial charge in [0.25, 0.3) is 0 Å². The molecule has 0 bridgehead atoms. The first-order valence-corrected chi connectivity index (χ1v) is 51.5. The Hall–Kier alpha value is -17.9. The van der Waals surface area contributed by atoms with Gasteiger partial charge in [0, 0.05) is 128 Å². The number of fused-ring (bicyclic) bond motifs is 12. The topological polar surface area (TPSA) is 9.72 Å². The first-order valence-electron chi connectivity index (χ1n) is 49.0. The summed E-state index contributed by atoms with van der Waals surface area (Å²) in [5.41, 5.74) is 32.2. The lowest BCUT2D eigenvalue weighted by Gasteiger charge is -2.26. The smallest absolute Gasteiger partial charge is 0.0462 e. The minimum atomic E-state index is 1.11. The summed E-state index contributed by atoms with van der Waals surface area (Å²) in [5.74, 6) is 0. The summed E-state index contributed by atoms with van der Waals surface area (Å²) in [6.07, 6.45) is 0. The van der Waals surface area contributed by atoms with Crippen LogP contribution >= 0.6 is 34.0 Å².